The minimum absolute atomic E-state index is 0.0917. The topological polar surface area (TPSA) is 79.5 Å². The molecule has 0 spiro atoms. The van der Waals surface area contributed by atoms with E-state index in [9.17, 15) is 9.59 Å². The fourth-order valence-corrected chi connectivity index (χ4v) is 2.84. The zero-order chi connectivity index (χ0) is 16.8. The normalized spacial score (nSPS) is 18.0. The van der Waals surface area contributed by atoms with Crippen LogP contribution in [0.2, 0.25) is 0 Å². The van der Waals surface area contributed by atoms with Crippen LogP contribution in [0.25, 0.3) is 0 Å². The molecule has 6 heteroatoms. The largest absolute Gasteiger partial charge is 0.368 e. The number of ether oxygens (including phenoxy) is 1. The summed E-state index contributed by atoms with van der Waals surface area (Å²) in [5.74, 6) is -0.146. The van der Waals surface area contributed by atoms with Gasteiger partial charge in [0.05, 0.1) is 6.10 Å². The minimum atomic E-state index is -0.185. The lowest BCUT2D eigenvalue weighted by Crippen LogP contribution is -2.30. The summed E-state index contributed by atoms with van der Waals surface area (Å²) in [5, 5.41) is 8.45. The van der Waals surface area contributed by atoms with E-state index in [1.54, 1.807) is 24.3 Å². The van der Waals surface area contributed by atoms with Crippen LogP contribution < -0.4 is 16.0 Å². The van der Waals surface area contributed by atoms with E-state index in [1.807, 2.05) is 0 Å². The molecule has 0 saturated heterocycles. The Bertz CT molecular complexity index is 563. The van der Waals surface area contributed by atoms with Crippen LogP contribution in [0.15, 0.2) is 24.3 Å². The van der Waals surface area contributed by atoms with Crippen LogP contribution >= 0.6 is 0 Å². The number of carbonyl (C=O) groups excluding carboxylic acids is 2. The van der Waals surface area contributed by atoms with Crippen LogP contribution in [-0.4, -0.2) is 30.7 Å². The number of rotatable bonds is 6. The van der Waals surface area contributed by atoms with E-state index < -0.39 is 0 Å². The van der Waals surface area contributed by atoms with Crippen molar-refractivity contribution in [2.24, 2.45) is 0 Å². The van der Waals surface area contributed by atoms with Crippen LogP contribution in [0.4, 0.5) is 16.2 Å². The molecule has 24 heavy (non-hydrogen) atoms. The second-order valence-electron chi connectivity index (χ2n) is 6.57. The van der Waals surface area contributed by atoms with Crippen LogP contribution in [-0.2, 0) is 9.53 Å². The highest BCUT2D eigenvalue weighted by Crippen LogP contribution is 2.21. The molecule has 0 unspecified atom stereocenters. The molecule has 0 radical (unpaired) electrons. The van der Waals surface area contributed by atoms with E-state index in [4.69, 9.17) is 4.74 Å². The highest BCUT2D eigenvalue weighted by atomic mass is 16.5. The van der Waals surface area contributed by atoms with Gasteiger partial charge in [-0.1, -0.05) is 19.3 Å². The van der Waals surface area contributed by atoms with Crippen molar-refractivity contribution in [1.29, 1.82) is 0 Å². The third-order valence-electron chi connectivity index (χ3n) is 4.34. The van der Waals surface area contributed by atoms with Gasteiger partial charge in [-0.3, -0.25) is 4.79 Å². The summed E-state index contributed by atoms with van der Waals surface area (Å²) in [6.07, 6.45) is 8.09. The molecule has 6 nitrogen and oxygen atoms in total. The Morgan fingerprint density at radius 3 is 2.17 bits per heavy atom. The van der Waals surface area contributed by atoms with E-state index in [0.717, 1.165) is 25.7 Å². The molecule has 2 saturated carbocycles. The van der Waals surface area contributed by atoms with Crippen molar-refractivity contribution in [2.45, 2.75) is 57.1 Å². The maximum atomic E-state index is 11.9. The van der Waals surface area contributed by atoms with Gasteiger partial charge in [-0.05, 0) is 49.9 Å². The lowest BCUT2D eigenvalue weighted by Gasteiger charge is -2.21. The number of hydrogen-bond donors (Lipinski definition) is 3. The van der Waals surface area contributed by atoms with Crippen molar-refractivity contribution in [3.8, 4) is 0 Å². The quantitative estimate of drug-likeness (QED) is 0.748. The van der Waals surface area contributed by atoms with Crippen molar-refractivity contribution in [1.82, 2.24) is 5.32 Å². The highest BCUT2D eigenvalue weighted by Gasteiger charge is 2.23. The molecule has 3 N–H and O–H groups in total. The van der Waals surface area contributed by atoms with E-state index in [1.165, 1.54) is 19.3 Å². The van der Waals surface area contributed by atoms with E-state index >= 15 is 0 Å². The minimum Gasteiger partial charge on any atom is -0.368 e. The smallest absolute Gasteiger partial charge is 0.319 e. The van der Waals surface area contributed by atoms with Crippen LogP contribution in [0, 0.1) is 0 Å². The number of urea groups is 1. The summed E-state index contributed by atoms with van der Waals surface area (Å²) in [7, 11) is 0. The predicted octanol–water partition coefficient (Wildman–Crippen LogP) is 3.26. The molecule has 0 bridgehead atoms. The molecule has 0 heterocycles. The number of anilines is 2. The molecule has 2 aliphatic rings. The molecule has 0 aliphatic heterocycles. The predicted molar refractivity (Wildman–Crippen MR) is 93.1 cm³/mol. The van der Waals surface area contributed by atoms with Gasteiger partial charge < -0.3 is 20.7 Å². The second kappa shape index (κ2) is 8.15. The fraction of sp³-hybridized carbons (Fsp3) is 0.556. The van der Waals surface area contributed by atoms with E-state index in [2.05, 4.69) is 16.0 Å². The summed E-state index contributed by atoms with van der Waals surface area (Å²) in [6, 6.07) is 7.22. The van der Waals surface area contributed by atoms with Crippen molar-refractivity contribution >= 4 is 23.3 Å². The van der Waals surface area contributed by atoms with Gasteiger partial charge in [-0.15, -0.1) is 0 Å². The SMILES string of the molecule is O=C(COC1CCCCC1)Nc1ccc(NC(=O)NC2CC2)cc1. The summed E-state index contributed by atoms with van der Waals surface area (Å²) in [6.45, 7) is 0.0917. The molecule has 2 aliphatic carbocycles. The van der Waals surface area contributed by atoms with Crippen LogP contribution in [0.3, 0.4) is 0 Å². The lowest BCUT2D eigenvalue weighted by atomic mass is 9.98. The first-order chi connectivity index (χ1) is 11.7. The number of hydrogen-bond acceptors (Lipinski definition) is 3. The zero-order valence-corrected chi connectivity index (χ0v) is 13.8. The van der Waals surface area contributed by atoms with Gasteiger partial charge in [0.2, 0.25) is 5.91 Å². The Morgan fingerprint density at radius 2 is 1.54 bits per heavy atom. The van der Waals surface area contributed by atoms with Crippen molar-refractivity contribution in [2.75, 3.05) is 17.2 Å². The molecule has 130 valence electrons. The molecule has 0 atom stereocenters. The van der Waals surface area contributed by atoms with Crippen molar-refractivity contribution in [3.05, 3.63) is 24.3 Å². The monoisotopic (exact) mass is 331 g/mol. The summed E-state index contributed by atoms with van der Waals surface area (Å²) in [4.78, 5) is 23.6. The molecule has 0 aromatic heterocycles. The summed E-state index contributed by atoms with van der Waals surface area (Å²) in [5.41, 5.74) is 1.39. The maximum absolute atomic E-state index is 11.9. The molecule has 3 amide bonds. The van der Waals surface area contributed by atoms with Gasteiger partial charge in [-0.25, -0.2) is 4.79 Å². The standard InChI is InChI=1S/C18H25N3O3/c22-17(12-24-16-4-2-1-3-5-16)19-13-6-8-14(9-7-13)20-18(23)21-15-10-11-15/h6-9,15-16H,1-5,10-12H2,(H,19,22)(H2,20,21,23). The average molecular weight is 331 g/mol. The Kier molecular flexibility index (Phi) is 5.69. The summed E-state index contributed by atoms with van der Waals surface area (Å²) >= 11 is 0. The van der Waals surface area contributed by atoms with Crippen molar-refractivity contribution in [3.63, 3.8) is 0 Å². The Balaban J connectivity index is 1.39. The van der Waals surface area contributed by atoms with Gasteiger partial charge in [-0.2, -0.15) is 0 Å². The summed E-state index contributed by atoms with van der Waals surface area (Å²) < 4.78 is 5.66. The molecule has 1 aromatic rings. The van der Waals surface area contributed by atoms with E-state index in [0.29, 0.717) is 17.4 Å². The Labute approximate surface area is 142 Å². The first-order valence-electron chi connectivity index (χ1n) is 8.78. The third kappa shape index (κ3) is 5.53. The molecule has 1 aromatic carbocycles. The third-order valence-corrected chi connectivity index (χ3v) is 4.34. The van der Waals surface area contributed by atoms with Gasteiger partial charge in [0.15, 0.2) is 0 Å². The molecular weight excluding hydrogens is 306 g/mol. The first-order valence-corrected chi connectivity index (χ1v) is 8.78. The van der Waals surface area contributed by atoms with Gasteiger partial charge in [0.25, 0.3) is 0 Å². The first kappa shape index (κ1) is 16.8. The van der Waals surface area contributed by atoms with Crippen LogP contribution in [0.1, 0.15) is 44.9 Å². The van der Waals surface area contributed by atoms with Gasteiger partial charge in [0.1, 0.15) is 6.61 Å². The molecule has 3 rings (SSSR count). The Hall–Kier alpha value is -2.08. The van der Waals surface area contributed by atoms with Crippen LogP contribution in [0.5, 0.6) is 0 Å². The number of amides is 3. The fourth-order valence-electron chi connectivity index (χ4n) is 2.84. The molecular formula is C18H25N3O3. The van der Waals surface area contributed by atoms with Gasteiger partial charge in [0, 0.05) is 17.4 Å². The van der Waals surface area contributed by atoms with E-state index in [-0.39, 0.29) is 24.6 Å². The van der Waals surface area contributed by atoms with Crippen molar-refractivity contribution < 1.29 is 14.3 Å². The Morgan fingerprint density at radius 1 is 0.917 bits per heavy atom. The molecule has 2 fully saturated rings. The number of benzene rings is 1. The maximum Gasteiger partial charge on any atom is 0.319 e. The zero-order valence-electron chi connectivity index (χ0n) is 13.8. The highest BCUT2D eigenvalue weighted by molar-refractivity contribution is 5.93. The van der Waals surface area contributed by atoms with Gasteiger partial charge >= 0.3 is 6.03 Å². The lowest BCUT2D eigenvalue weighted by molar-refractivity contribution is -0.123. The second-order valence-corrected chi connectivity index (χ2v) is 6.57. The average Bonchev–Trinajstić information content (AvgIpc) is 3.39. The number of carbonyl (C=O) groups is 2. The number of nitrogens with one attached hydrogen (secondary N) is 3.